The molecule has 1 aliphatic heterocycles. The summed E-state index contributed by atoms with van der Waals surface area (Å²) in [5.41, 5.74) is 0.741. The first-order valence-electron chi connectivity index (χ1n) is 9.15. The molecule has 1 saturated heterocycles. The maximum Gasteiger partial charge on any atom is 0.264 e. The van der Waals surface area contributed by atoms with Crippen LogP contribution < -0.4 is 10.1 Å². The molecule has 5 nitrogen and oxygen atoms in total. The van der Waals surface area contributed by atoms with E-state index in [1.165, 1.54) is 23.5 Å². The monoisotopic (exact) mass is 500 g/mol. The lowest BCUT2D eigenvalue weighted by atomic mass is 10.3. The molecule has 0 aliphatic carbocycles. The molecule has 1 amide bonds. The average molecular weight is 501 g/mol. The van der Waals surface area contributed by atoms with Crippen LogP contribution in [0.2, 0.25) is 0 Å². The summed E-state index contributed by atoms with van der Waals surface area (Å²) in [4.78, 5) is 18.4. The van der Waals surface area contributed by atoms with Gasteiger partial charge in [-0.15, -0.1) is 0 Å². The molecule has 3 aromatic rings. The number of nitrogens with one attached hydrogen (secondary N) is 1. The Balaban J connectivity index is 1.48. The molecule has 0 radical (unpaired) electrons. The first kappa shape index (κ1) is 20.8. The van der Waals surface area contributed by atoms with Gasteiger partial charge in [-0.1, -0.05) is 30.0 Å². The van der Waals surface area contributed by atoms with E-state index in [1.54, 1.807) is 6.08 Å². The van der Waals surface area contributed by atoms with Gasteiger partial charge in [0.25, 0.3) is 5.91 Å². The predicted octanol–water partition coefficient (Wildman–Crippen LogP) is 6.48. The molecule has 0 spiro atoms. The quantitative estimate of drug-likeness (QED) is 0.392. The highest BCUT2D eigenvalue weighted by Gasteiger charge is 2.24. The van der Waals surface area contributed by atoms with E-state index in [0.29, 0.717) is 22.4 Å². The zero-order chi connectivity index (χ0) is 20.9. The van der Waals surface area contributed by atoms with Gasteiger partial charge < -0.3 is 14.5 Å². The lowest BCUT2D eigenvalue weighted by Crippen LogP contribution is -2.19. The fourth-order valence-electron chi connectivity index (χ4n) is 2.62. The summed E-state index contributed by atoms with van der Waals surface area (Å²) >= 11 is 6.32. The molecule has 1 aromatic heterocycles. The van der Waals surface area contributed by atoms with E-state index in [2.05, 4.69) is 26.2 Å². The van der Waals surface area contributed by atoms with Crippen LogP contribution in [0.4, 0.5) is 5.69 Å². The van der Waals surface area contributed by atoms with Crippen LogP contribution >= 0.6 is 39.5 Å². The van der Waals surface area contributed by atoms with Crippen LogP contribution in [0.25, 0.3) is 6.08 Å². The Kier molecular flexibility index (Phi) is 6.66. The van der Waals surface area contributed by atoms with Crippen molar-refractivity contribution in [3.63, 3.8) is 0 Å². The Hall–Kier alpha value is -2.42. The Labute approximate surface area is 191 Å². The van der Waals surface area contributed by atoms with Crippen LogP contribution in [0.1, 0.15) is 12.7 Å². The van der Waals surface area contributed by atoms with Gasteiger partial charge in [-0.25, -0.2) is 4.99 Å². The number of benzene rings is 2. The molecule has 4 rings (SSSR count). The fraction of sp³-hybridized carbons (Fsp3) is 0.0909. The predicted molar refractivity (Wildman–Crippen MR) is 125 cm³/mol. The highest BCUT2D eigenvalue weighted by Crippen LogP contribution is 2.37. The topological polar surface area (TPSA) is 63.8 Å². The van der Waals surface area contributed by atoms with E-state index in [1.807, 2.05) is 67.6 Å². The Morgan fingerprint density at radius 3 is 2.70 bits per heavy atom. The second kappa shape index (κ2) is 9.59. The molecule has 0 unspecified atom stereocenters. The molecule has 1 N–H and O–H groups in total. The van der Waals surface area contributed by atoms with Gasteiger partial charge in [0.15, 0.2) is 10.3 Å². The first-order valence-corrected chi connectivity index (χ1v) is 11.6. The van der Waals surface area contributed by atoms with Crippen LogP contribution in [0.15, 0.2) is 89.4 Å². The molecule has 2 aromatic carbocycles. The van der Waals surface area contributed by atoms with E-state index in [4.69, 9.17) is 9.15 Å². The lowest BCUT2D eigenvalue weighted by molar-refractivity contribution is -0.115. The number of aliphatic imine (C=N–C) groups is 1. The smallest absolute Gasteiger partial charge is 0.264 e. The van der Waals surface area contributed by atoms with E-state index in [-0.39, 0.29) is 5.91 Å². The SMILES string of the molecule is CCOc1ccc(N=C2NC(=O)/C(=C\c3cc(Br)c(Sc4ccccc4)o3)S2)cc1. The minimum atomic E-state index is -0.200. The fourth-order valence-corrected chi connectivity index (χ4v) is 4.79. The number of ether oxygens (including phenoxy) is 1. The molecule has 0 atom stereocenters. The number of hydrogen-bond donors (Lipinski definition) is 1. The van der Waals surface area contributed by atoms with Crippen molar-refractivity contribution in [2.75, 3.05) is 6.61 Å². The second-order valence-corrected chi connectivity index (χ2v) is 9.04. The summed E-state index contributed by atoms with van der Waals surface area (Å²) in [7, 11) is 0. The summed E-state index contributed by atoms with van der Waals surface area (Å²) in [5.74, 6) is 1.19. The summed E-state index contributed by atoms with van der Waals surface area (Å²) in [6.45, 7) is 2.55. The van der Waals surface area contributed by atoms with Crippen LogP contribution in [-0.2, 0) is 4.79 Å². The maximum absolute atomic E-state index is 12.3. The minimum absolute atomic E-state index is 0.200. The molecule has 0 saturated carbocycles. The third-order valence-electron chi connectivity index (χ3n) is 3.93. The van der Waals surface area contributed by atoms with Crippen molar-refractivity contribution < 1.29 is 13.9 Å². The molecule has 152 valence electrons. The average Bonchev–Trinajstić information content (AvgIpc) is 3.26. The number of rotatable bonds is 6. The summed E-state index contributed by atoms with van der Waals surface area (Å²) < 4.78 is 12.2. The zero-order valence-electron chi connectivity index (χ0n) is 15.9. The normalized spacial score (nSPS) is 16.3. The number of halogens is 1. The number of carbonyl (C=O) groups excluding carboxylic acids is 1. The van der Waals surface area contributed by atoms with Crippen LogP contribution in [0.3, 0.4) is 0 Å². The zero-order valence-corrected chi connectivity index (χ0v) is 19.1. The highest BCUT2D eigenvalue weighted by atomic mass is 79.9. The molecule has 1 fully saturated rings. The third-order valence-corrected chi connectivity index (χ3v) is 6.69. The van der Waals surface area contributed by atoms with Gasteiger partial charge in [0, 0.05) is 11.0 Å². The van der Waals surface area contributed by atoms with Gasteiger partial charge >= 0.3 is 0 Å². The molecular formula is C22H17BrN2O3S2. The third kappa shape index (κ3) is 5.19. The van der Waals surface area contributed by atoms with Crippen molar-refractivity contribution >= 4 is 62.3 Å². The van der Waals surface area contributed by atoms with E-state index >= 15 is 0 Å². The van der Waals surface area contributed by atoms with Crippen LogP contribution in [0.5, 0.6) is 5.75 Å². The van der Waals surface area contributed by atoms with Crippen molar-refractivity contribution in [2.45, 2.75) is 16.9 Å². The van der Waals surface area contributed by atoms with Gasteiger partial charge in [0.05, 0.1) is 21.7 Å². The first-order chi connectivity index (χ1) is 14.6. The van der Waals surface area contributed by atoms with E-state index < -0.39 is 0 Å². The Morgan fingerprint density at radius 2 is 1.97 bits per heavy atom. The van der Waals surface area contributed by atoms with Gasteiger partial charge in [-0.2, -0.15) is 0 Å². The van der Waals surface area contributed by atoms with Crippen LogP contribution in [-0.4, -0.2) is 17.7 Å². The molecule has 2 heterocycles. The maximum atomic E-state index is 12.3. The largest absolute Gasteiger partial charge is 0.494 e. The number of carbonyl (C=O) groups is 1. The Morgan fingerprint density at radius 1 is 1.20 bits per heavy atom. The standard InChI is InChI=1S/C22H17BrN2O3S2/c1-2-27-15-10-8-14(9-11-15)24-22-25-20(26)19(30-22)13-16-12-18(23)21(28-16)29-17-6-4-3-5-7-17/h3-13H,2H2,1H3,(H,24,25,26)/b19-13+. The van der Waals surface area contributed by atoms with Crippen molar-refractivity contribution in [2.24, 2.45) is 4.99 Å². The second-order valence-electron chi connectivity index (χ2n) is 6.11. The van der Waals surface area contributed by atoms with Crippen molar-refractivity contribution in [1.29, 1.82) is 0 Å². The number of furan rings is 1. The van der Waals surface area contributed by atoms with Gasteiger partial charge in [0.2, 0.25) is 0 Å². The molecule has 30 heavy (non-hydrogen) atoms. The number of nitrogens with zero attached hydrogens (tertiary/aromatic N) is 1. The number of hydrogen-bond acceptors (Lipinski definition) is 6. The summed E-state index contributed by atoms with van der Waals surface area (Å²) in [6.07, 6.45) is 1.72. The molecular weight excluding hydrogens is 484 g/mol. The number of amidine groups is 1. The number of thioether (sulfide) groups is 1. The molecule has 1 aliphatic rings. The van der Waals surface area contributed by atoms with Gasteiger partial charge in [-0.05, 0) is 77.1 Å². The van der Waals surface area contributed by atoms with E-state index in [9.17, 15) is 4.79 Å². The summed E-state index contributed by atoms with van der Waals surface area (Å²) in [5, 5.41) is 4.05. The van der Waals surface area contributed by atoms with Gasteiger partial charge in [-0.3, -0.25) is 4.79 Å². The van der Waals surface area contributed by atoms with Gasteiger partial charge in [0.1, 0.15) is 11.5 Å². The van der Waals surface area contributed by atoms with Crippen molar-refractivity contribution in [3.8, 4) is 5.75 Å². The molecule has 0 bridgehead atoms. The van der Waals surface area contributed by atoms with Crippen LogP contribution in [0, 0.1) is 0 Å². The van der Waals surface area contributed by atoms with Crippen molar-refractivity contribution in [1.82, 2.24) is 5.32 Å². The van der Waals surface area contributed by atoms with Crippen molar-refractivity contribution in [3.05, 3.63) is 75.8 Å². The van der Waals surface area contributed by atoms with E-state index in [0.717, 1.165) is 25.9 Å². The molecule has 8 heteroatoms. The lowest BCUT2D eigenvalue weighted by Gasteiger charge is -2.02. The number of amides is 1. The minimum Gasteiger partial charge on any atom is -0.494 e. The Bertz CT molecular complexity index is 1110. The highest BCUT2D eigenvalue weighted by molar-refractivity contribution is 9.10. The summed E-state index contributed by atoms with van der Waals surface area (Å²) in [6, 6.07) is 19.2.